The fourth-order valence-corrected chi connectivity index (χ4v) is 2.95. The van der Waals surface area contributed by atoms with Gasteiger partial charge in [-0.1, -0.05) is 13.0 Å². The minimum atomic E-state index is -0.726. The topological polar surface area (TPSA) is 134 Å². The largest absolute Gasteiger partial charge is 0.460 e. The van der Waals surface area contributed by atoms with Gasteiger partial charge >= 0.3 is 23.7 Å². The third-order valence-electron chi connectivity index (χ3n) is 4.12. The molecule has 10 nitrogen and oxygen atoms in total. The van der Waals surface area contributed by atoms with Crippen molar-refractivity contribution in [2.75, 3.05) is 0 Å². The predicted molar refractivity (Wildman–Crippen MR) is 121 cm³/mol. The molecule has 33 heavy (non-hydrogen) atoms. The van der Waals surface area contributed by atoms with E-state index in [1.165, 1.54) is 12.1 Å². The highest BCUT2D eigenvalue weighted by Gasteiger charge is 2.28. The number of amides is 1. The van der Waals surface area contributed by atoms with Crippen LogP contribution in [0.3, 0.4) is 0 Å². The van der Waals surface area contributed by atoms with Crippen molar-refractivity contribution in [2.45, 2.75) is 85.5 Å². The Morgan fingerprint density at radius 2 is 1.64 bits per heavy atom. The number of hydrogen-bond donors (Lipinski definition) is 1. The van der Waals surface area contributed by atoms with E-state index in [9.17, 15) is 24.5 Å². The molecule has 1 N–H and O–H groups in total. The maximum Gasteiger partial charge on any atom is 0.407 e. The molecule has 0 aliphatic rings. The highest BCUT2D eigenvalue weighted by Crippen LogP contribution is 2.29. The van der Waals surface area contributed by atoms with Gasteiger partial charge in [0.2, 0.25) is 5.75 Å². The van der Waals surface area contributed by atoms with E-state index < -0.39 is 46.1 Å². The summed E-state index contributed by atoms with van der Waals surface area (Å²) >= 11 is 0. The number of carbonyl (C=O) groups is 3. The van der Waals surface area contributed by atoms with Gasteiger partial charge in [-0.25, -0.2) is 4.79 Å². The summed E-state index contributed by atoms with van der Waals surface area (Å²) in [7, 11) is 0. The van der Waals surface area contributed by atoms with E-state index in [0.29, 0.717) is 5.56 Å². The first-order valence-electron chi connectivity index (χ1n) is 10.6. The van der Waals surface area contributed by atoms with Gasteiger partial charge in [-0.2, -0.15) is 0 Å². The molecule has 0 heterocycles. The van der Waals surface area contributed by atoms with Gasteiger partial charge in [0.25, 0.3) is 0 Å². The molecule has 0 aliphatic heterocycles. The maximum atomic E-state index is 12.4. The lowest BCUT2D eigenvalue weighted by atomic mass is 9.95. The summed E-state index contributed by atoms with van der Waals surface area (Å²) < 4.78 is 15.6. The second-order valence-corrected chi connectivity index (χ2v) is 9.87. The highest BCUT2D eigenvalue weighted by atomic mass is 16.6. The average molecular weight is 467 g/mol. The molecule has 0 aliphatic carbocycles. The third kappa shape index (κ3) is 10.8. The standard InChI is InChI=1S/C23H34N2O8/c1-14(20(27)32-22(3,4)5)11-17(24-21(28)33-23(6,7)8)12-16-9-10-19(31-15(2)26)18(13-16)25(29)30/h9-10,13-14,17H,11-12H2,1-8H3,(H,24,28)/t14?,17-/m1/s1. The smallest absolute Gasteiger partial charge is 0.407 e. The Kier molecular flexibility index (Phi) is 9.38. The molecular weight excluding hydrogens is 432 g/mol. The third-order valence-corrected chi connectivity index (χ3v) is 4.12. The zero-order valence-corrected chi connectivity index (χ0v) is 20.5. The first-order valence-corrected chi connectivity index (χ1v) is 10.6. The molecule has 10 heteroatoms. The number of ether oxygens (including phenoxy) is 3. The van der Waals surface area contributed by atoms with E-state index in [-0.39, 0.29) is 24.3 Å². The quantitative estimate of drug-likeness (QED) is 0.259. The molecule has 0 saturated heterocycles. The molecule has 0 bridgehead atoms. The summed E-state index contributed by atoms with van der Waals surface area (Å²) in [5, 5.41) is 14.2. The van der Waals surface area contributed by atoms with E-state index in [0.717, 1.165) is 6.92 Å². The van der Waals surface area contributed by atoms with Gasteiger partial charge in [0.15, 0.2) is 0 Å². The van der Waals surface area contributed by atoms with E-state index >= 15 is 0 Å². The van der Waals surface area contributed by atoms with Crippen molar-refractivity contribution in [3.05, 3.63) is 33.9 Å². The Balaban J connectivity index is 3.14. The Morgan fingerprint density at radius 1 is 1.06 bits per heavy atom. The zero-order chi connectivity index (χ0) is 25.6. The number of nitrogens with zero attached hydrogens (tertiary/aromatic N) is 1. The second-order valence-electron chi connectivity index (χ2n) is 9.87. The zero-order valence-electron chi connectivity index (χ0n) is 20.5. The van der Waals surface area contributed by atoms with Crippen molar-refractivity contribution in [2.24, 2.45) is 5.92 Å². The molecule has 1 rings (SSSR count). The van der Waals surface area contributed by atoms with Crippen LogP contribution in [0.25, 0.3) is 0 Å². The van der Waals surface area contributed by atoms with Crippen LogP contribution in [0, 0.1) is 16.0 Å². The molecule has 184 valence electrons. The summed E-state index contributed by atoms with van der Waals surface area (Å²) in [5.41, 5.74) is -1.25. The summed E-state index contributed by atoms with van der Waals surface area (Å²) in [4.78, 5) is 46.8. The number of nitro groups is 1. The lowest BCUT2D eigenvalue weighted by molar-refractivity contribution is -0.385. The summed E-state index contributed by atoms with van der Waals surface area (Å²) in [6, 6.07) is 3.59. The van der Waals surface area contributed by atoms with Gasteiger partial charge in [0.1, 0.15) is 11.2 Å². The fourth-order valence-electron chi connectivity index (χ4n) is 2.95. The van der Waals surface area contributed by atoms with Crippen LogP contribution < -0.4 is 10.1 Å². The molecule has 0 radical (unpaired) electrons. The van der Waals surface area contributed by atoms with Crippen LogP contribution in [0.5, 0.6) is 5.75 Å². The lowest BCUT2D eigenvalue weighted by Gasteiger charge is -2.27. The summed E-state index contributed by atoms with van der Waals surface area (Å²) in [6.07, 6.45) is -0.281. The second kappa shape index (κ2) is 11.1. The van der Waals surface area contributed by atoms with Crippen LogP contribution in [0.2, 0.25) is 0 Å². The van der Waals surface area contributed by atoms with Crippen molar-refractivity contribution >= 4 is 23.7 Å². The van der Waals surface area contributed by atoms with Crippen LogP contribution >= 0.6 is 0 Å². The van der Waals surface area contributed by atoms with Crippen LogP contribution in [-0.4, -0.2) is 40.2 Å². The monoisotopic (exact) mass is 466 g/mol. The molecule has 1 aromatic carbocycles. The molecule has 1 unspecified atom stereocenters. The number of nitro benzene ring substituents is 1. The molecule has 1 amide bonds. The van der Waals surface area contributed by atoms with E-state index in [1.54, 1.807) is 54.5 Å². The maximum absolute atomic E-state index is 12.4. The first-order chi connectivity index (χ1) is 15.0. The van der Waals surface area contributed by atoms with Gasteiger partial charge in [-0.15, -0.1) is 0 Å². The minimum absolute atomic E-state index is 0.171. The van der Waals surface area contributed by atoms with Crippen LogP contribution in [-0.2, 0) is 25.5 Å². The van der Waals surface area contributed by atoms with Crippen molar-refractivity contribution in [3.8, 4) is 5.75 Å². The van der Waals surface area contributed by atoms with Crippen LogP contribution in [0.4, 0.5) is 10.5 Å². The van der Waals surface area contributed by atoms with E-state index in [2.05, 4.69) is 5.32 Å². The van der Waals surface area contributed by atoms with Gasteiger partial charge in [0.05, 0.1) is 10.8 Å². The van der Waals surface area contributed by atoms with Gasteiger partial charge in [-0.05, 0) is 66.0 Å². The predicted octanol–water partition coefficient (Wildman–Crippen LogP) is 4.32. The number of alkyl carbamates (subject to hydrolysis) is 1. The number of carbonyl (C=O) groups excluding carboxylic acids is 3. The molecule has 0 fully saturated rings. The van der Waals surface area contributed by atoms with E-state index in [1.807, 2.05) is 0 Å². The van der Waals surface area contributed by atoms with Crippen molar-refractivity contribution in [3.63, 3.8) is 0 Å². The normalized spacial score (nSPS) is 13.5. The van der Waals surface area contributed by atoms with Crippen molar-refractivity contribution in [1.29, 1.82) is 0 Å². The number of esters is 2. The van der Waals surface area contributed by atoms with E-state index in [4.69, 9.17) is 14.2 Å². The Labute approximate surface area is 194 Å². The molecule has 1 aromatic rings. The highest BCUT2D eigenvalue weighted by molar-refractivity contribution is 5.73. The molecule has 0 spiro atoms. The molecule has 2 atom stereocenters. The summed E-state index contributed by atoms with van der Waals surface area (Å²) in [5.74, 6) is -1.83. The number of rotatable bonds is 8. The van der Waals surface area contributed by atoms with Crippen LogP contribution in [0.1, 0.15) is 67.4 Å². The number of hydrogen-bond acceptors (Lipinski definition) is 8. The Morgan fingerprint density at radius 3 is 2.12 bits per heavy atom. The SMILES string of the molecule is CC(=O)Oc1ccc(C[C@@H](CC(C)C(=O)OC(C)(C)C)NC(=O)OC(C)(C)C)cc1[N+](=O)[O-]. The van der Waals surface area contributed by atoms with Crippen molar-refractivity contribution < 1.29 is 33.5 Å². The minimum Gasteiger partial charge on any atom is -0.460 e. The Hall–Kier alpha value is -3.17. The first kappa shape index (κ1) is 27.9. The molecular formula is C23H34N2O8. The molecule has 0 aromatic heterocycles. The fraction of sp³-hybridized carbons (Fsp3) is 0.609. The molecule has 0 saturated carbocycles. The lowest BCUT2D eigenvalue weighted by Crippen LogP contribution is -2.42. The number of benzene rings is 1. The summed E-state index contributed by atoms with van der Waals surface area (Å²) in [6.45, 7) is 13.3. The Bertz CT molecular complexity index is 883. The van der Waals surface area contributed by atoms with Gasteiger partial charge in [0, 0.05) is 19.0 Å². The van der Waals surface area contributed by atoms with Gasteiger partial charge < -0.3 is 19.5 Å². The van der Waals surface area contributed by atoms with Crippen LogP contribution in [0.15, 0.2) is 18.2 Å². The van der Waals surface area contributed by atoms with Gasteiger partial charge in [-0.3, -0.25) is 19.7 Å². The number of nitrogens with one attached hydrogen (secondary N) is 1. The average Bonchev–Trinajstić information content (AvgIpc) is 2.59. The van der Waals surface area contributed by atoms with Crippen molar-refractivity contribution in [1.82, 2.24) is 5.32 Å².